The summed E-state index contributed by atoms with van der Waals surface area (Å²) in [6.07, 6.45) is 8.35. The quantitative estimate of drug-likeness (QED) is 0.438. The molecule has 1 aromatic carbocycles. The van der Waals surface area contributed by atoms with Crippen molar-refractivity contribution in [3.8, 4) is 17.1 Å². The van der Waals surface area contributed by atoms with Crippen LogP contribution in [0.25, 0.3) is 11.4 Å². The van der Waals surface area contributed by atoms with Gasteiger partial charge in [0.25, 0.3) is 0 Å². The number of aromatic nitrogens is 5. The van der Waals surface area contributed by atoms with Gasteiger partial charge in [-0.25, -0.2) is 0 Å². The fourth-order valence-corrected chi connectivity index (χ4v) is 4.25. The second-order valence-corrected chi connectivity index (χ2v) is 7.90. The van der Waals surface area contributed by atoms with Crippen LogP contribution in [-0.2, 0) is 17.7 Å². The Labute approximate surface area is 168 Å². The summed E-state index contributed by atoms with van der Waals surface area (Å²) < 4.78 is 13.3. The van der Waals surface area contributed by atoms with Crippen molar-refractivity contribution in [3.05, 3.63) is 42.2 Å². The number of H-pyrrole nitrogens is 1. The molecule has 0 amide bonds. The molecule has 1 saturated heterocycles. The van der Waals surface area contributed by atoms with Gasteiger partial charge in [0.2, 0.25) is 0 Å². The van der Waals surface area contributed by atoms with Crippen LogP contribution in [0.15, 0.2) is 41.8 Å². The van der Waals surface area contributed by atoms with Crippen molar-refractivity contribution < 1.29 is 9.47 Å². The molecule has 0 radical (unpaired) electrons. The predicted molar refractivity (Wildman–Crippen MR) is 109 cm³/mol. The molecule has 148 valence electrons. The first-order valence-electron chi connectivity index (χ1n) is 9.63. The first-order chi connectivity index (χ1) is 13.8. The Morgan fingerprint density at radius 3 is 2.89 bits per heavy atom. The van der Waals surface area contributed by atoms with Crippen LogP contribution >= 0.6 is 11.8 Å². The summed E-state index contributed by atoms with van der Waals surface area (Å²) in [6.45, 7) is 1.64. The van der Waals surface area contributed by atoms with E-state index in [0.717, 1.165) is 66.9 Å². The van der Waals surface area contributed by atoms with Crippen molar-refractivity contribution in [2.45, 2.75) is 43.5 Å². The topological polar surface area (TPSA) is 77.9 Å². The lowest BCUT2D eigenvalue weighted by Crippen LogP contribution is -2.16. The van der Waals surface area contributed by atoms with Gasteiger partial charge in [-0.2, -0.15) is 5.10 Å². The Hall–Kier alpha value is -2.32. The van der Waals surface area contributed by atoms with Crippen molar-refractivity contribution in [1.29, 1.82) is 0 Å². The molecule has 28 heavy (non-hydrogen) atoms. The van der Waals surface area contributed by atoms with Crippen LogP contribution < -0.4 is 4.74 Å². The molecule has 3 aromatic rings. The standard InChI is InChI=1S/C20H25N5O2S/c1-26-17-8-6-16(7-9-17)19-23-24-20(25(19)14-18-5-2-10-27-18)28-11-3-4-15-12-21-22-13-15/h6-9,12-13,18H,2-5,10-11,14H2,1H3,(H,21,22). The first kappa shape index (κ1) is 19.0. The lowest BCUT2D eigenvalue weighted by Gasteiger charge is -2.15. The third-order valence-electron chi connectivity index (χ3n) is 4.87. The van der Waals surface area contributed by atoms with E-state index in [0.29, 0.717) is 0 Å². The molecule has 1 aliphatic rings. The van der Waals surface area contributed by atoms with Crippen LogP contribution in [0.4, 0.5) is 0 Å². The minimum atomic E-state index is 0.235. The van der Waals surface area contributed by atoms with Crippen LogP contribution in [0.3, 0.4) is 0 Å². The Morgan fingerprint density at radius 2 is 2.18 bits per heavy atom. The number of benzene rings is 1. The number of ether oxygens (including phenoxy) is 2. The second-order valence-electron chi connectivity index (χ2n) is 6.84. The summed E-state index contributed by atoms with van der Waals surface area (Å²) in [7, 11) is 1.67. The molecule has 0 spiro atoms. The fraction of sp³-hybridized carbons (Fsp3) is 0.450. The van der Waals surface area contributed by atoms with Gasteiger partial charge in [0.05, 0.1) is 26.0 Å². The first-order valence-corrected chi connectivity index (χ1v) is 10.6. The SMILES string of the molecule is COc1ccc(-c2nnc(SCCCc3cn[nH]c3)n2CC2CCCO2)cc1. The van der Waals surface area contributed by atoms with Gasteiger partial charge < -0.3 is 9.47 Å². The van der Waals surface area contributed by atoms with E-state index in [4.69, 9.17) is 9.47 Å². The average molecular weight is 400 g/mol. The summed E-state index contributed by atoms with van der Waals surface area (Å²) in [5.74, 6) is 2.70. The highest BCUT2D eigenvalue weighted by Crippen LogP contribution is 2.28. The van der Waals surface area contributed by atoms with Gasteiger partial charge in [-0.15, -0.1) is 10.2 Å². The monoisotopic (exact) mass is 399 g/mol. The van der Waals surface area contributed by atoms with Gasteiger partial charge in [0, 0.05) is 24.1 Å². The summed E-state index contributed by atoms with van der Waals surface area (Å²) >= 11 is 1.75. The van der Waals surface area contributed by atoms with Crippen molar-refractivity contribution >= 4 is 11.8 Å². The van der Waals surface area contributed by atoms with E-state index < -0.39 is 0 Å². The van der Waals surface area contributed by atoms with E-state index in [1.54, 1.807) is 18.9 Å². The Balaban J connectivity index is 1.48. The maximum atomic E-state index is 5.87. The van der Waals surface area contributed by atoms with Gasteiger partial charge in [-0.3, -0.25) is 9.67 Å². The molecule has 0 saturated carbocycles. The Kier molecular flexibility index (Phi) is 6.28. The van der Waals surface area contributed by atoms with Crippen LogP contribution in [0.1, 0.15) is 24.8 Å². The molecular formula is C20H25N5O2S. The van der Waals surface area contributed by atoms with Gasteiger partial charge in [-0.1, -0.05) is 11.8 Å². The van der Waals surface area contributed by atoms with Crippen molar-refractivity contribution in [1.82, 2.24) is 25.0 Å². The molecule has 4 rings (SSSR count). The highest BCUT2D eigenvalue weighted by Gasteiger charge is 2.21. The average Bonchev–Trinajstić information content (AvgIpc) is 3.49. The number of aryl methyl sites for hydroxylation is 1. The molecule has 1 atom stereocenters. The van der Waals surface area contributed by atoms with Gasteiger partial charge >= 0.3 is 0 Å². The zero-order chi connectivity index (χ0) is 19.2. The molecule has 0 aliphatic carbocycles. The largest absolute Gasteiger partial charge is 0.497 e. The van der Waals surface area contributed by atoms with Gasteiger partial charge in [0.1, 0.15) is 5.75 Å². The molecule has 1 N–H and O–H groups in total. The summed E-state index contributed by atoms with van der Waals surface area (Å²) in [5, 5.41) is 16.8. The molecule has 3 heterocycles. The normalized spacial score (nSPS) is 16.5. The third-order valence-corrected chi connectivity index (χ3v) is 5.92. The van der Waals surface area contributed by atoms with Crippen molar-refractivity contribution in [3.63, 3.8) is 0 Å². The number of thioether (sulfide) groups is 1. The smallest absolute Gasteiger partial charge is 0.191 e. The summed E-state index contributed by atoms with van der Waals surface area (Å²) in [4.78, 5) is 0. The number of aromatic amines is 1. The van der Waals surface area contributed by atoms with E-state index in [9.17, 15) is 0 Å². The Bertz CT molecular complexity index is 857. The van der Waals surface area contributed by atoms with Gasteiger partial charge in [-0.05, 0) is 55.5 Å². The zero-order valence-electron chi connectivity index (χ0n) is 16.0. The van der Waals surface area contributed by atoms with Crippen molar-refractivity contribution in [2.75, 3.05) is 19.5 Å². The molecule has 2 aromatic heterocycles. The molecule has 8 heteroatoms. The van der Waals surface area contributed by atoms with E-state index in [2.05, 4.69) is 25.0 Å². The second kappa shape index (κ2) is 9.25. The van der Waals surface area contributed by atoms with Crippen LogP contribution in [0, 0.1) is 0 Å². The third kappa shape index (κ3) is 4.56. The molecule has 1 unspecified atom stereocenters. The minimum absolute atomic E-state index is 0.235. The molecule has 7 nitrogen and oxygen atoms in total. The predicted octanol–water partition coefficient (Wildman–Crippen LogP) is 3.58. The molecular weight excluding hydrogens is 374 g/mol. The zero-order valence-corrected chi connectivity index (χ0v) is 16.8. The number of methoxy groups -OCH3 is 1. The lowest BCUT2D eigenvalue weighted by atomic mass is 10.2. The highest BCUT2D eigenvalue weighted by atomic mass is 32.2. The van der Waals surface area contributed by atoms with E-state index in [-0.39, 0.29) is 6.10 Å². The number of nitrogens with zero attached hydrogens (tertiary/aromatic N) is 4. The van der Waals surface area contributed by atoms with Crippen molar-refractivity contribution in [2.24, 2.45) is 0 Å². The minimum Gasteiger partial charge on any atom is -0.497 e. The summed E-state index contributed by atoms with van der Waals surface area (Å²) in [5.41, 5.74) is 2.27. The number of hydrogen-bond acceptors (Lipinski definition) is 6. The van der Waals surface area contributed by atoms with Crippen LogP contribution in [0.2, 0.25) is 0 Å². The molecule has 0 bridgehead atoms. The lowest BCUT2D eigenvalue weighted by molar-refractivity contribution is 0.0953. The van der Waals surface area contributed by atoms with E-state index >= 15 is 0 Å². The maximum absolute atomic E-state index is 5.87. The Morgan fingerprint density at radius 1 is 1.29 bits per heavy atom. The summed E-state index contributed by atoms with van der Waals surface area (Å²) in [6, 6.07) is 7.97. The number of nitrogens with one attached hydrogen (secondary N) is 1. The fourth-order valence-electron chi connectivity index (χ4n) is 3.36. The number of hydrogen-bond donors (Lipinski definition) is 1. The maximum Gasteiger partial charge on any atom is 0.191 e. The van der Waals surface area contributed by atoms with E-state index in [1.807, 2.05) is 36.7 Å². The van der Waals surface area contributed by atoms with Gasteiger partial charge in [0.15, 0.2) is 11.0 Å². The highest BCUT2D eigenvalue weighted by molar-refractivity contribution is 7.99. The molecule has 1 fully saturated rings. The van der Waals surface area contributed by atoms with E-state index in [1.165, 1.54) is 5.56 Å². The number of rotatable bonds is 9. The molecule has 1 aliphatic heterocycles. The van der Waals surface area contributed by atoms with Crippen LogP contribution in [0.5, 0.6) is 5.75 Å². The van der Waals surface area contributed by atoms with Crippen LogP contribution in [-0.4, -0.2) is 50.5 Å².